The lowest BCUT2D eigenvalue weighted by Gasteiger charge is -2.36. The average molecular weight is 184 g/mol. The maximum atomic E-state index is 2.52. The first-order valence-corrected chi connectivity index (χ1v) is 5.51. The van der Waals surface area contributed by atoms with Gasteiger partial charge >= 0.3 is 0 Å². The van der Waals surface area contributed by atoms with Gasteiger partial charge in [0.15, 0.2) is 0 Å². The molecule has 1 aliphatic heterocycles. The third-order valence-corrected chi connectivity index (χ3v) is 3.30. The highest BCUT2D eigenvalue weighted by molar-refractivity contribution is 4.77. The van der Waals surface area contributed by atoms with Crippen LogP contribution in [0.25, 0.3) is 0 Å². The van der Waals surface area contributed by atoms with E-state index in [1.807, 2.05) is 0 Å². The fraction of sp³-hybridized carbons (Fsp3) is 1.00. The third kappa shape index (κ3) is 3.28. The van der Waals surface area contributed by atoms with Crippen LogP contribution in [0, 0.1) is 0 Å². The first-order chi connectivity index (χ1) is 6.11. The van der Waals surface area contributed by atoms with Crippen LogP contribution >= 0.6 is 0 Å². The second-order valence-electron chi connectivity index (χ2n) is 4.66. The number of hydrogen-bond acceptors (Lipinski definition) is 2. The van der Waals surface area contributed by atoms with Crippen molar-refractivity contribution in [1.29, 1.82) is 0 Å². The van der Waals surface area contributed by atoms with E-state index in [0.29, 0.717) is 6.04 Å². The van der Waals surface area contributed by atoms with Crippen molar-refractivity contribution in [2.45, 2.75) is 45.2 Å². The average Bonchev–Trinajstić information content (AvgIpc) is 2.08. The highest BCUT2D eigenvalue weighted by Gasteiger charge is 2.20. The summed E-state index contributed by atoms with van der Waals surface area (Å²) in [4.78, 5) is 4.97. The molecule has 2 nitrogen and oxygen atoms in total. The van der Waals surface area contributed by atoms with Crippen molar-refractivity contribution in [3.05, 3.63) is 0 Å². The number of piperidine rings is 1. The van der Waals surface area contributed by atoms with E-state index < -0.39 is 0 Å². The Morgan fingerprint density at radius 2 is 2.08 bits per heavy atom. The van der Waals surface area contributed by atoms with Gasteiger partial charge in [0, 0.05) is 18.6 Å². The van der Waals surface area contributed by atoms with Gasteiger partial charge in [0.1, 0.15) is 0 Å². The topological polar surface area (TPSA) is 6.48 Å². The molecule has 0 saturated carbocycles. The van der Waals surface area contributed by atoms with Crippen molar-refractivity contribution in [3.63, 3.8) is 0 Å². The van der Waals surface area contributed by atoms with Crippen LogP contribution in [0.4, 0.5) is 0 Å². The molecule has 1 unspecified atom stereocenters. The molecule has 1 fully saturated rings. The van der Waals surface area contributed by atoms with Gasteiger partial charge in [-0.05, 0) is 47.3 Å². The Labute approximate surface area is 82.9 Å². The zero-order chi connectivity index (χ0) is 9.84. The summed E-state index contributed by atoms with van der Waals surface area (Å²) in [5.74, 6) is 0. The summed E-state index contributed by atoms with van der Waals surface area (Å²) >= 11 is 0. The van der Waals surface area contributed by atoms with E-state index >= 15 is 0 Å². The number of likely N-dealkylation sites (N-methyl/N-ethyl adjacent to an activating group) is 2. The van der Waals surface area contributed by atoms with Gasteiger partial charge in [0.2, 0.25) is 0 Å². The highest BCUT2D eigenvalue weighted by Crippen LogP contribution is 2.16. The number of hydrogen-bond donors (Lipinski definition) is 0. The minimum Gasteiger partial charge on any atom is -0.302 e. The van der Waals surface area contributed by atoms with Crippen molar-refractivity contribution in [2.75, 3.05) is 27.2 Å². The summed E-state index contributed by atoms with van der Waals surface area (Å²) in [5, 5.41) is 0. The summed E-state index contributed by atoms with van der Waals surface area (Å²) < 4.78 is 0. The Kier molecular flexibility index (Phi) is 4.20. The summed E-state index contributed by atoms with van der Waals surface area (Å²) in [5.41, 5.74) is 0. The number of rotatable bonds is 3. The van der Waals surface area contributed by atoms with E-state index in [2.05, 4.69) is 37.7 Å². The highest BCUT2D eigenvalue weighted by atomic mass is 15.2. The van der Waals surface area contributed by atoms with Crippen molar-refractivity contribution in [3.8, 4) is 0 Å². The molecule has 78 valence electrons. The first-order valence-electron chi connectivity index (χ1n) is 5.51. The van der Waals surface area contributed by atoms with Crippen molar-refractivity contribution >= 4 is 0 Å². The standard InChI is InChI=1S/C11H24N2/c1-10(2)13(4)9-11-7-5-6-8-12(11)3/h10-11H,5-9H2,1-4H3. The van der Waals surface area contributed by atoms with Gasteiger partial charge < -0.3 is 9.80 Å². The molecule has 0 aromatic carbocycles. The Hall–Kier alpha value is -0.0800. The van der Waals surface area contributed by atoms with Gasteiger partial charge in [0.25, 0.3) is 0 Å². The summed E-state index contributed by atoms with van der Waals surface area (Å²) in [6, 6.07) is 1.47. The van der Waals surface area contributed by atoms with Crippen LogP contribution in [0.2, 0.25) is 0 Å². The van der Waals surface area contributed by atoms with Crippen molar-refractivity contribution in [1.82, 2.24) is 9.80 Å². The molecule has 0 amide bonds. The fourth-order valence-electron chi connectivity index (χ4n) is 1.92. The van der Waals surface area contributed by atoms with E-state index in [1.165, 1.54) is 32.4 Å². The quantitative estimate of drug-likeness (QED) is 0.660. The largest absolute Gasteiger partial charge is 0.302 e. The minimum atomic E-state index is 0.676. The van der Waals surface area contributed by atoms with Crippen LogP contribution in [0.1, 0.15) is 33.1 Å². The predicted octanol–water partition coefficient (Wildman–Crippen LogP) is 1.81. The SMILES string of the molecule is CC(C)N(C)CC1CCCCN1C. The Balaban J connectivity index is 2.33. The lowest BCUT2D eigenvalue weighted by atomic mass is 10.0. The van der Waals surface area contributed by atoms with Crippen molar-refractivity contribution in [2.24, 2.45) is 0 Å². The molecule has 0 N–H and O–H groups in total. The zero-order valence-corrected chi connectivity index (χ0v) is 9.58. The molecular weight excluding hydrogens is 160 g/mol. The summed E-state index contributed by atoms with van der Waals surface area (Å²) in [7, 11) is 4.49. The molecule has 1 aliphatic rings. The second-order valence-corrected chi connectivity index (χ2v) is 4.66. The molecule has 13 heavy (non-hydrogen) atoms. The maximum Gasteiger partial charge on any atom is 0.0220 e. The molecule has 0 aromatic heterocycles. The summed E-state index contributed by atoms with van der Waals surface area (Å²) in [6.07, 6.45) is 4.19. The van der Waals surface area contributed by atoms with Gasteiger partial charge in [-0.25, -0.2) is 0 Å². The molecule has 0 radical (unpaired) electrons. The Morgan fingerprint density at radius 3 is 2.62 bits per heavy atom. The summed E-state index contributed by atoms with van der Waals surface area (Å²) in [6.45, 7) is 7.05. The molecule has 1 rings (SSSR count). The van der Waals surface area contributed by atoms with Crippen LogP contribution in [0.15, 0.2) is 0 Å². The molecule has 1 heterocycles. The van der Waals surface area contributed by atoms with Crippen molar-refractivity contribution < 1.29 is 0 Å². The smallest absolute Gasteiger partial charge is 0.0220 e. The fourth-order valence-corrected chi connectivity index (χ4v) is 1.92. The monoisotopic (exact) mass is 184 g/mol. The van der Waals surface area contributed by atoms with Crippen LogP contribution in [-0.4, -0.2) is 49.1 Å². The molecule has 0 bridgehead atoms. The van der Waals surface area contributed by atoms with Crippen LogP contribution in [0.3, 0.4) is 0 Å². The molecule has 0 spiro atoms. The Bertz CT molecular complexity index is 145. The predicted molar refractivity (Wildman–Crippen MR) is 58.0 cm³/mol. The van der Waals surface area contributed by atoms with E-state index in [4.69, 9.17) is 0 Å². The van der Waals surface area contributed by atoms with Gasteiger partial charge in [-0.2, -0.15) is 0 Å². The molecule has 0 aliphatic carbocycles. The first kappa shape index (κ1) is 11.0. The normalized spacial score (nSPS) is 25.8. The van der Waals surface area contributed by atoms with Crippen LogP contribution in [-0.2, 0) is 0 Å². The second kappa shape index (κ2) is 4.97. The molecule has 0 aromatic rings. The molecule has 1 saturated heterocycles. The van der Waals surface area contributed by atoms with E-state index in [0.717, 1.165) is 6.04 Å². The third-order valence-electron chi connectivity index (χ3n) is 3.30. The van der Waals surface area contributed by atoms with Crippen LogP contribution in [0.5, 0.6) is 0 Å². The van der Waals surface area contributed by atoms with Gasteiger partial charge in [-0.15, -0.1) is 0 Å². The molecule has 2 heteroatoms. The molecule has 1 atom stereocenters. The van der Waals surface area contributed by atoms with Gasteiger partial charge in [0.05, 0.1) is 0 Å². The lowest BCUT2D eigenvalue weighted by Crippen LogP contribution is -2.45. The Morgan fingerprint density at radius 1 is 1.38 bits per heavy atom. The van der Waals surface area contributed by atoms with Gasteiger partial charge in [-0.1, -0.05) is 6.42 Å². The number of likely N-dealkylation sites (tertiary alicyclic amines) is 1. The van der Waals surface area contributed by atoms with E-state index in [9.17, 15) is 0 Å². The zero-order valence-electron chi connectivity index (χ0n) is 9.58. The maximum absolute atomic E-state index is 2.52. The molecular formula is C11H24N2. The number of nitrogens with zero attached hydrogens (tertiary/aromatic N) is 2. The van der Waals surface area contributed by atoms with Crippen LogP contribution < -0.4 is 0 Å². The lowest BCUT2D eigenvalue weighted by molar-refractivity contribution is 0.128. The minimum absolute atomic E-state index is 0.676. The van der Waals surface area contributed by atoms with Gasteiger partial charge in [-0.3, -0.25) is 0 Å². The van der Waals surface area contributed by atoms with E-state index in [1.54, 1.807) is 0 Å². The van der Waals surface area contributed by atoms with E-state index in [-0.39, 0.29) is 0 Å².